The first-order chi connectivity index (χ1) is 10.6. The fourth-order valence-corrected chi connectivity index (χ4v) is 4.52. The maximum atomic E-state index is 12.8. The SMILES string of the molecule is C=C[C@@H]1Oc2c(oc3ccc(Cl)cc3c2=O)[C@@H]2SC(C)=C[C@H]12. The van der Waals surface area contributed by atoms with Crippen molar-refractivity contribution in [2.24, 2.45) is 5.92 Å². The van der Waals surface area contributed by atoms with Crippen molar-refractivity contribution < 1.29 is 9.15 Å². The predicted molar refractivity (Wildman–Crippen MR) is 89.7 cm³/mol. The summed E-state index contributed by atoms with van der Waals surface area (Å²) < 4.78 is 11.9. The smallest absolute Gasteiger partial charge is 0.234 e. The zero-order chi connectivity index (χ0) is 15.4. The van der Waals surface area contributed by atoms with Crippen LogP contribution in [0.4, 0.5) is 0 Å². The molecule has 5 heteroatoms. The van der Waals surface area contributed by atoms with Crippen LogP contribution in [0.2, 0.25) is 5.02 Å². The van der Waals surface area contributed by atoms with Gasteiger partial charge in [-0.2, -0.15) is 0 Å². The summed E-state index contributed by atoms with van der Waals surface area (Å²) in [5, 5.41) is 1.00. The van der Waals surface area contributed by atoms with Gasteiger partial charge in [-0.15, -0.1) is 11.8 Å². The predicted octanol–water partition coefficient (Wildman–Crippen LogP) is 4.70. The van der Waals surface area contributed by atoms with Crippen molar-refractivity contribution in [3.05, 3.63) is 62.8 Å². The summed E-state index contributed by atoms with van der Waals surface area (Å²) >= 11 is 7.69. The second-order valence-electron chi connectivity index (χ2n) is 5.48. The Labute approximate surface area is 136 Å². The molecule has 0 N–H and O–H groups in total. The molecule has 0 aliphatic carbocycles. The van der Waals surface area contributed by atoms with E-state index in [1.54, 1.807) is 36.0 Å². The van der Waals surface area contributed by atoms with Crippen LogP contribution < -0.4 is 10.2 Å². The van der Waals surface area contributed by atoms with Crippen LogP contribution in [0, 0.1) is 5.92 Å². The zero-order valence-electron chi connectivity index (χ0n) is 11.8. The molecule has 4 rings (SSSR count). The molecule has 0 bridgehead atoms. The van der Waals surface area contributed by atoms with Crippen LogP contribution in [0.3, 0.4) is 0 Å². The number of hydrogen-bond donors (Lipinski definition) is 0. The first-order valence-electron chi connectivity index (χ1n) is 6.99. The van der Waals surface area contributed by atoms with Crippen molar-refractivity contribution in [1.82, 2.24) is 0 Å². The van der Waals surface area contributed by atoms with E-state index < -0.39 is 0 Å². The number of halogens is 1. The van der Waals surface area contributed by atoms with Gasteiger partial charge in [-0.25, -0.2) is 0 Å². The lowest BCUT2D eigenvalue weighted by Crippen LogP contribution is -2.33. The Balaban J connectivity index is 1.99. The van der Waals surface area contributed by atoms with Crippen molar-refractivity contribution in [2.45, 2.75) is 18.3 Å². The van der Waals surface area contributed by atoms with Gasteiger partial charge in [-0.05, 0) is 30.0 Å². The number of rotatable bonds is 1. The number of hydrogen-bond acceptors (Lipinski definition) is 4. The van der Waals surface area contributed by atoms with Gasteiger partial charge < -0.3 is 9.15 Å². The topological polar surface area (TPSA) is 39.4 Å². The lowest BCUT2D eigenvalue weighted by molar-refractivity contribution is 0.162. The number of ether oxygens (including phenoxy) is 1. The summed E-state index contributed by atoms with van der Waals surface area (Å²) in [6.07, 6.45) is 3.69. The molecule has 2 aliphatic rings. The quantitative estimate of drug-likeness (QED) is 0.709. The molecule has 0 spiro atoms. The van der Waals surface area contributed by atoms with Crippen LogP contribution in [0.5, 0.6) is 5.75 Å². The van der Waals surface area contributed by atoms with Gasteiger partial charge in [-0.1, -0.05) is 30.3 Å². The fraction of sp³-hybridized carbons (Fsp3) is 0.235. The third-order valence-corrected chi connectivity index (χ3v) is 5.58. The highest BCUT2D eigenvalue weighted by Gasteiger charge is 2.43. The number of allylic oxidation sites excluding steroid dienone is 1. The lowest BCUT2D eigenvalue weighted by Gasteiger charge is -2.31. The molecule has 22 heavy (non-hydrogen) atoms. The molecule has 1 aromatic heterocycles. The van der Waals surface area contributed by atoms with Gasteiger partial charge in [0.1, 0.15) is 11.7 Å². The molecule has 0 unspecified atom stereocenters. The van der Waals surface area contributed by atoms with Crippen molar-refractivity contribution in [3.63, 3.8) is 0 Å². The molecule has 0 saturated heterocycles. The highest BCUT2D eigenvalue weighted by molar-refractivity contribution is 8.03. The van der Waals surface area contributed by atoms with E-state index in [1.165, 1.54) is 4.91 Å². The van der Waals surface area contributed by atoms with Crippen molar-refractivity contribution in [2.75, 3.05) is 0 Å². The standard InChI is InChI=1S/C17H13ClO3S/c1-3-12-11-6-8(2)22-17(11)16-15(20-12)14(19)10-7-9(18)4-5-13(10)21-16/h3-7,11-12,17H,1H2,2H3/t11-,12+,17-/m1/s1. The maximum Gasteiger partial charge on any atom is 0.234 e. The van der Waals surface area contributed by atoms with Gasteiger partial charge in [0, 0.05) is 10.9 Å². The molecule has 112 valence electrons. The van der Waals surface area contributed by atoms with Crippen LogP contribution in [-0.4, -0.2) is 6.10 Å². The summed E-state index contributed by atoms with van der Waals surface area (Å²) in [6.45, 7) is 5.89. The highest BCUT2D eigenvalue weighted by Crippen LogP contribution is 2.54. The molecular formula is C17H13ClO3S. The summed E-state index contributed by atoms with van der Waals surface area (Å²) in [7, 11) is 0. The monoisotopic (exact) mass is 332 g/mol. The van der Waals surface area contributed by atoms with E-state index in [0.717, 1.165) is 0 Å². The van der Waals surface area contributed by atoms with Crippen LogP contribution in [-0.2, 0) is 0 Å². The number of thioether (sulfide) groups is 1. The molecule has 2 aliphatic heterocycles. The molecule has 3 atom stereocenters. The summed E-state index contributed by atoms with van der Waals surface area (Å²) in [5.74, 6) is 1.04. The van der Waals surface area contributed by atoms with E-state index >= 15 is 0 Å². The minimum Gasteiger partial charge on any atom is -0.478 e. The zero-order valence-corrected chi connectivity index (χ0v) is 13.4. The highest BCUT2D eigenvalue weighted by atomic mass is 35.5. The van der Waals surface area contributed by atoms with E-state index in [9.17, 15) is 4.79 Å². The minimum atomic E-state index is -0.220. The molecule has 1 aromatic carbocycles. The van der Waals surface area contributed by atoms with E-state index in [2.05, 4.69) is 19.6 Å². The first-order valence-corrected chi connectivity index (χ1v) is 8.25. The molecule has 0 saturated carbocycles. The molecule has 0 amide bonds. The minimum absolute atomic E-state index is 0.0551. The van der Waals surface area contributed by atoms with Crippen LogP contribution >= 0.6 is 23.4 Å². The molecule has 2 aromatic rings. The molecule has 0 radical (unpaired) electrons. The van der Waals surface area contributed by atoms with Gasteiger partial charge in [0.05, 0.1) is 10.6 Å². The third-order valence-electron chi connectivity index (χ3n) is 4.05. The van der Waals surface area contributed by atoms with Gasteiger partial charge in [-0.3, -0.25) is 4.79 Å². The maximum absolute atomic E-state index is 12.8. The van der Waals surface area contributed by atoms with Crippen LogP contribution in [0.25, 0.3) is 11.0 Å². The molecular weight excluding hydrogens is 320 g/mol. The summed E-state index contributed by atoms with van der Waals surface area (Å²) in [5.41, 5.74) is 0.368. The average molecular weight is 333 g/mol. The molecule has 3 nitrogen and oxygen atoms in total. The van der Waals surface area contributed by atoms with Gasteiger partial charge in [0.2, 0.25) is 11.2 Å². The van der Waals surface area contributed by atoms with E-state index in [1.807, 2.05) is 0 Å². The summed E-state index contributed by atoms with van der Waals surface area (Å²) in [6, 6.07) is 5.07. The Morgan fingerprint density at radius 3 is 3.00 bits per heavy atom. The van der Waals surface area contributed by atoms with Gasteiger partial charge >= 0.3 is 0 Å². The van der Waals surface area contributed by atoms with E-state index in [-0.39, 0.29) is 28.5 Å². The van der Waals surface area contributed by atoms with Crippen molar-refractivity contribution in [3.8, 4) is 5.75 Å². The van der Waals surface area contributed by atoms with Crippen LogP contribution in [0.1, 0.15) is 17.9 Å². The molecule has 0 fully saturated rings. The Morgan fingerprint density at radius 1 is 1.41 bits per heavy atom. The van der Waals surface area contributed by atoms with Gasteiger partial charge in [0.15, 0.2) is 5.76 Å². The normalized spacial score (nSPS) is 26.1. The second kappa shape index (κ2) is 4.93. The number of fused-ring (bicyclic) bond motifs is 4. The van der Waals surface area contributed by atoms with Crippen molar-refractivity contribution >= 4 is 34.3 Å². The molecule has 3 heterocycles. The largest absolute Gasteiger partial charge is 0.478 e. The average Bonchev–Trinajstić information content (AvgIpc) is 2.89. The first kappa shape index (κ1) is 14.0. The number of benzene rings is 1. The lowest BCUT2D eigenvalue weighted by atomic mass is 9.92. The Bertz CT molecular complexity index is 883. The Morgan fingerprint density at radius 2 is 2.23 bits per heavy atom. The van der Waals surface area contributed by atoms with Crippen LogP contribution in [0.15, 0.2) is 51.0 Å². The third kappa shape index (κ3) is 1.94. The Kier molecular flexibility index (Phi) is 3.13. The Hall–Kier alpha value is -1.65. The van der Waals surface area contributed by atoms with Gasteiger partial charge in [0.25, 0.3) is 0 Å². The van der Waals surface area contributed by atoms with E-state index in [0.29, 0.717) is 21.8 Å². The van der Waals surface area contributed by atoms with E-state index in [4.69, 9.17) is 20.8 Å². The fourth-order valence-electron chi connectivity index (χ4n) is 3.06. The second-order valence-corrected chi connectivity index (χ2v) is 7.30. The summed E-state index contributed by atoms with van der Waals surface area (Å²) in [4.78, 5) is 14.0. The van der Waals surface area contributed by atoms with Crippen molar-refractivity contribution in [1.29, 1.82) is 0 Å².